The molecule has 0 aliphatic carbocycles. The van der Waals surface area contributed by atoms with Gasteiger partial charge in [-0.15, -0.1) is 10.5 Å². The Morgan fingerprint density at radius 2 is 1.29 bits per heavy atom. The summed E-state index contributed by atoms with van der Waals surface area (Å²) >= 11 is 0. The van der Waals surface area contributed by atoms with E-state index in [0.717, 1.165) is 17.7 Å². The maximum atomic E-state index is 8.75. The highest BCUT2D eigenvalue weighted by Crippen LogP contribution is 2.49. The molecule has 0 saturated carbocycles. The summed E-state index contributed by atoms with van der Waals surface area (Å²) in [7, 11) is 2.08. The second-order valence-corrected chi connectivity index (χ2v) is 6.71. The second-order valence-electron chi connectivity index (χ2n) is 6.71. The highest BCUT2D eigenvalue weighted by Gasteiger charge is 2.44. The van der Waals surface area contributed by atoms with E-state index in [2.05, 4.69) is 24.1 Å². The second kappa shape index (κ2) is 6.98. The topological polar surface area (TPSA) is 69.3 Å². The predicted molar refractivity (Wildman–Crippen MR) is 105 cm³/mol. The van der Waals surface area contributed by atoms with Crippen molar-refractivity contribution in [3.05, 3.63) is 89.5 Å². The van der Waals surface area contributed by atoms with Gasteiger partial charge < -0.3 is 14.4 Å². The molecule has 0 N–H and O–H groups in total. The molecule has 0 aromatic heterocycles. The van der Waals surface area contributed by atoms with Crippen LogP contribution in [0.25, 0.3) is 0 Å². The van der Waals surface area contributed by atoms with Gasteiger partial charge >= 0.3 is 0 Å². The van der Waals surface area contributed by atoms with E-state index >= 15 is 0 Å². The lowest BCUT2D eigenvalue weighted by Crippen LogP contribution is -2.34. The van der Waals surface area contributed by atoms with Crippen molar-refractivity contribution in [1.82, 2.24) is 0 Å². The molecule has 0 radical (unpaired) electrons. The summed E-state index contributed by atoms with van der Waals surface area (Å²) in [5.41, 5.74) is 4.20. The third-order valence-electron chi connectivity index (χ3n) is 5.27. The minimum Gasteiger partial charge on any atom is -0.388 e. The van der Waals surface area contributed by atoms with Gasteiger partial charge in [0.1, 0.15) is 11.5 Å². The Bertz CT molecular complexity index is 1020. The highest BCUT2D eigenvalue weighted by atomic mass is 16.5. The van der Waals surface area contributed by atoms with Crippen molar-refractivity contribution in [1.29, 1.82) is 10.5 Å². The zero-order chi connectivity index (χ0) is 19.6. The molecule has 28 heavy (non-hydrogen) atoms. The maximum absolute atomic E-state index is 8.75. The van der Waals surface area contributed by atoms with E-state index in [1.165, 1.54) is 11.3 Å². The van der Waals surface area contributed by atoms with Crippen molar-refractivity contribution < 1.29 is 9.47 Å². The van der Waals surface area contributed by atoms with Crippen LogP contribution in [0.4, 0.5) is 5.69 Å². The number of fused-ring (bicyclic) bond motifs is 1. The lowest BCUT2D eigenvalue weighted by Gasteiger charge is -2.32. The minimum absolute atomic E-state index is 0.387. The minimum atomic E-state index is -0.387. The zero-order valence-corrected chi connectivity index (χ0v) is 15.3. The molecule has 0 spiro atoms. The van der Waals surface area contributed by atoms with Crippen LogP contribution in [0.15, 0.2) is 72.8 Å². The molecule has 3 aromatic rings. The predicted octanol–water partition coefficient (Wildman–Crippen LogP) is 4.19. The number of hydrogen-bond donors (Lipinski definition) is 0. The highest BCUT2D eigenvalue weighted by molar-refractivity contribution is 5.70. The Hall–Kier alpha value is -3.96. The molecule has 0 amide bonds. The van der Waals surface area contributed by atoms with Crippen molar-refractivity contribution in [3.8, 4) is 24.0 Å². The van der Waals surface area contributed by atoms with E-state index in [1.54, 1.807) is 12.5 Å². The van der Waals surface area contributed by atoms with Crippen LogP contribution in [0.3, 0.4) is 0 Å². The number of hydrogen-bond acceptors (Lipinski definition) is 5. The molecular formula is C23H17N3O2. The van der Waals surface area contributed by atoms with Crippen LogP contribution in [-0.4, -0.2) is 13.6 Å². The van der Waals surface area contributed by atoms with Crippen molar-refractivity contribution in [2.75, 3.05) is 18.5 Å². The number of benzene rings is 3. The summed E-state index contributed by atoms with van der Waals surface area (Å²) < 4.78 is 9.89. The fourth-order valence-electron chi connectivity index (χ4n) is 4.07. The monoisotopic (exact) mass is 367 g/mol. The van der Waals surface area contributed by atoms with E-state index < -0.39 is 0 Å². The summed E-state index contributed by atoms with van der Waals surface area (Å²) in [6.07, 6.45) is 3.41. The summed E-state index contributed by atoms with van der Waals surface area (Å²) in [5.74, 6) is 1.03. The average molecular weight is 367 g/mol. The van der Waals surface area contributed by atoms with Gasteiger partial charge in [-0.1, -0.05) is 42.5 Å². The SMILES string of the molecule is CN1CC(c2ccc(OC#N)cc2)(c2ccc(OC#N)cc2)c2ccccc21. The fraction of sp³-hybridized carbons (Fsp3) is 0.130. The lowest BCUT2D eigenvalue weighted by molar-refractivity contribution is 0.505. The van der Waals surface area contributed by atoms with Crippen LogP contribution in [-0.2, 0) is 5.41 Å². The zero-order valence-electron chi connectivity index (χ0n) is 15.3. The molecular weight excluding hydrogens is 350 g/mol. The Kier molecular flexibility index (Phi) is 4.35. The van der Waals surface area contributed by atoms with E-state index in [0.29, 0.717) is 11.5 Å². The molecule has 4 rings (SSSR count). The maximum Gasteiger partial charge on any atom is 0.292 e. The van der Waals surface area contributed by atoms with E-state index in [4.69, 9.17) is 20.0 Å². The molecule has 1 heterocycles. The standard InChI is InChI=1S/C23H17N3O2/c1-26-14-23(21-4-2-3-5-22(21)26,17-6-10-19(11-7-17)27-15-24)18-8-12-20(13-9-18)28-16-25/h2-13H,14H2,1H3. The summed E-state index contributed by atoms with van der Waals surface area (Å²) in [6, 6.07) is 23.6. The van der Waals surface area contributed by atoms with Crippen LogP contribution >= 0.6 is 0 Å². The number of anilines is 1. The Morgan fingerprint density at radius 3 is 1.79 bits per heavy atom. The first-order valence-electron chi connectivity index (χ1n) is 8.82. The number of likely N-dealkylation sites (N-methyl/N-ethyl adjacent to an activating group) is 1. The van der Waals surface area contributed by atoms with Gasteiger partial charge in [0.15, 0.2) is 0 Å². The number of ether oxygens (including phenoxy) is 2. The van der Waals surface area contributed by atoms with Gasteiger partial charge in [0.05, 0.1) is 5.41 Å². The van der Waals surface area contributed by atoms with Crippen LogP contribution in [0, 0.1) is 23.0 Å². The van der Waals surface area contributed by atoms with Crippen LogP contribution in [0.5, 0.6) is 11.5 Å². The van der Waals surface area contributed by atoms with Crippen LogP contribution in [0.1, 0.15) is 16.7 Å². The van der Waals surface area contributed by atoms with Crippen molar-refractivity contribution >= 4 is 5.69 Å². The van der Waals surface area contributed by atoms with Crippen LogP contribution in [0.2, 0.25) is 0 Å². The third-order valence-corrected chi connectivity index (χ3v) is 5.27. The number of nitriles is 2. The molecule has 3 aromatic carbocycles. The van der Waals surface area contributed by atoms with Gasteiger partial charge in [-0.2, -0.15) is 0 Å². The molecule has 0 fully saturated rings. The van der Waals surface area contributed by atoms with Crippen molar-refractivity contribution in [2.24, 2.45) is 0 Å². The van der Waals surface area contributed by atoms with E-state index in [1.807, 2.05) is 60.7 Å². The summed E-state index contributed by atoms with van der Waals surface area (Å²) in [6.45, 7) is 0.767. The Labute approximate surface area is 163 Å². The smallest absolute Gasteiger partial charge is 0.292 e. The lowest BCUT2D eigenvalue weighted by atomic mass is 9.71. The molecule has 0 unspecified atom stereocenters. The van der Waals surface area contributed by atoms with Crippen molar-refractivity contribution in [3.63, 3.8) is 0 Å². The van der Waals surface area contributed by atoms with Crippen molar-refractivity contribution in [2.45, 2.75) is 5.41 Å². The molecule has 0 bridgehead atoms. The van der Waals surface area contributed by atoms with Gasteiger partial charge in [0.2, 0.25) is 0 Å². The normalized spacial score (nSPS) is 13.9. The van der Waals surface area contributed by atoms with Gasteiger partial charge in [-0.25, -0.2) is 0 Å². The molecule has 136 valence electrons. The first-order chi connectivity index (χ1) is 13.7. The number of rotatable bonds is 4. The summed E-state index contributed by atoms with van der Waals surface area (Å²) in [4.78, 5) is 2.24. The molecule has 1 aliphatic rings. The average Bonchev–Trinajstić information content (AvgIpc) is 3.04. The number of nitrogens with zero attached hydrogens (tertiary/aromatic N) is 3. The molecule has 5 nitrogen and oxygen atoms in total. The fourth-order valence-corrected chi connectivity index (χ4v) is 4.07. The molecule has 0 atom stereocenters. The Balaban J connectivity index is 1.90. The quantitative estimate of drug-likeness (QED) is 0.647. The first-order valence-corrected chi connectivity index (χ1v) is 8.82. The van der Waals surface area contributed by atoms with E-state index in [9.17, 15) is 0 Å². The number of para-hydroxylation sites is 1. The summed E-state index contributed by atoms with van der Waals surface area (Å²) in [5, 5.41) is 17.5. The molecule has 0 saturated heterocycles. The van der Waals surface area contributed by atoms with Crippen LogP contribution < -0.4 is 14.4 Å². The molecule has 5 heteroatoms. The largest absolute Gasteiger partial charge is 0.388 e. The third kappa shape index (κ3) is 2.71. The van der Waals surface area contributed by atoms with Gasteiger partial charge in [0.25, 0.3) is 12.5 Å². The molecule has 1 aliphatic heterocycles. The van der Waals surface area contributed by atoms with Gasteiger partial charge in [-0.3, -0.25) is 0 Å². The Morgan fingerprint density at radius 1 is 0.786 bits per heavy atom. The van der Waals surface area contributed by atoms with Gasteiger partial charge in [0, 0.05) is 19.3 Å². The van der Waals surface area contributed by atoms with Gasteiger partial charge in [-0.05, 0) is 47.0 Å². The first kappa shape index (κ1) is 17.5. The van der Waals surface area contributed by atoms with E-state index in [-0.39, 0.29) is 5.41 Å².